The zero-order valence-electron chi connectivity index (χ0n) is 11.2. The molecule has 110 valence electrons. The van der Waals surface area contributed by atoms with E-state index in [1.165, 1.54) is 10.6 Å². The monoisotopic (exact) mass is 316 g/mol. The third kappa shape index (κ3) is 1.84. The number of rotatable bonds is 2. The highest BCUT2D eigenvalue weighted by Gasteiger charge is 2.14. The van der Waals surface area contributed by atoms with Crippen molar-refractivity contribution in [3.8, 4) is 0 Å². The summed E-state index contributed by atoms with van der Waals surface area (Å²) in [5.74, 6) is -0.509. The van der Waals surface area contributed by atoms with Crippen LogP contribution in [0.2, 0.25) is 5.02 Å². The van der Waals surface area contributed by atoms with Crippen molar-refractivity contribution >= 4 is 33.7 Å². The van der Waals surface area contributed by atoms with Gasteiger partial charge < -0.3 is 9.97 Å². The second-order valence-electron chi connectivity index (χ2n) is 4.99. The fourth-order valence-corrected chi connectivity index (χ4v) is 2.85. The smallest absolute Gasteiger partial charge is 0.326 e. The van der Waals surface area contributed by atoms with E-state index < -0.39 is 5.82 Å². The molecule has 4 rings (SSSR count). The predicted octanol–water partition coefficient (Wildman–Crippen LogP) is 3.05. The molecule has 2 N–H and O–H groups in total. The number of pyridine rings is 1. The van der Waals surface area contributed by atoms with Crippen molar-refractivity contribution in [3.05, 3.63) is 63.5 Å². The largest absolute Gasteiger partial charge is 0.346 e. The third-order valence-corrected chi connectivity index (χ3v) is 3.97. The van der Waals surface area contributed by atoms with Gasteiger partial charge in [0.1, 0.15) is 11.5 Å². The molecule has 0 aliphatic rings. The van der Waals surface area contributed by atoms with Crippen molar-refractivity contribution in [1.29, 1.82) is 0 Å². The van der Waals surface area contributed by atoms with Gasteiger partial charge in [0, 0.05) is 17.1 Å². The Hall–Kier alpha value is -2.60. The second kappa shape index (κ2) is 4.71. The van der Waals surface area contributed by atoms with E-state index in [4.69, 9.17) is 11.6 Å². The molecule has 0 bridgehead atoms. The number of halogens is 2. The number of hydrogen-bond donors (Lipinski definition) is 2. The van der Waals surface area contributed by atoms with Crippen LogP contribution in [0.1, 0.15) is 5.56 Å². The Balaban J connectivity index is 1.98. The molecule has 3 aromatic heterocycles. The Morgan fingerprint density at radius 3 is 3.05 bits per heavy atom. The predicted molar refractivity (Wildman–Crippen MR) is 82.7 cm³/mol. The summed E-state index contributed by atoms with van der Waals surface area (Å²) in [7, 11) is 0. The number of aromatic amines is 2. The van der Waals surface area contributed by atoms with Crippen LogP contribution in [0.15, 0.2) is 41.5 Å². The van der Waals surface area contributed by atoms with Gasteiger partial charge in [-0.3, -0.25) is 4.57 Å². The minimum Gasteiger partial charge on any atom is -0.346 e. The Bertz CT molecular complexity index is 1060. The first-order valence-corrected chi connectivity index (χ1v) is 7.00. The maximum atomic E-state index is 14.1. The van der Waals surface area contributed by atoms with Gasteiger partial charge in [0.05, 0.1) is 28.8 Å². The molecular weight excluding hydrogens is 307 g/mol. The molecule has 0 spiro atoms. The molecule has 0 aliphatic heterocycles. The van der Waals surface area contributed by atoms with Crippen molar-refractivity contribution in [3.63, 3.8) is 0 Å². The maximum absolute atomic E-state index is 14.1. The number of aromatic nitrogens is 4. The fraction of sp³-hybridized carbons (Fsp3) is 0.0667. The van der Waals surface area contributed by atoms with Gasteiger partial charge in [-0.05, 0) is 12.1 Å². The van der Waals surface area contributed by atoms with Crippen LogP contribution in [0.5, 0.6) is 0 Å². The lowest BCUT2D eigenvalue weighted by molar-refractivity contribution is 0.600. The number of H-pyrrole nitrogens is 2. The standard InChI is InChI=1S/C15H10ClFN4O/c16-10-3-1-2-8(12(10)17)7-21-13-9-4-5-18-14(9)19-6-11(13)20-15(21)22/h1-6H,7H2,(H,18,19)(H,20,22). The molecule has 0 fully saturated rings. The zero-order valence-corrected chi connectivity index (χ0v) is 12.0. The van der Waals surface area contributed by atoms with Crippen LogP contribution in [-0.4, -0.2) is 19.5 Å². The molecule has 0 radical (unpaired) electrons. The van der Waals surface area contributed by atoms with Crippen molar-refractivity contribution in [2.45, 2.75) is 6.54 Å². The van der Waals surface area contributed by atoms with Gasteiger partial charge in [0.2, 0.25) is 0 Å². The molecular formula is C15H10ClFN4O. The molecule has 0 amide bonds. The zero-order chi connectivity index (χ0) is 15.3. The summed E-state index contributed by atoms with van der Waals surface area (Å²) in [4.78, 5) is 22.2. The van der Waals surface area contributed by atoms with E-state index in [0.29, 0.717) is 22.2 Å². The van der Waals surface area contributed by atoms with E-state index in [2.05, 4.69) is 15.0 Å². The van der Waals surface area contributed by atoms with Gasteiger partial charge in [-0.15, -0.1) is 0 Å². The van der Waals surface area contributed by atoms with Gasteiger partial charge >= 0.3 is 5.69 Å². The topological polar surface area (TPSA) is 66.5 Å². The van der Waals surface area contributed by atoms with Crippen molar-refractivity contribution < 1.29 is 4.39 Å². The van der Waals surface area contributed by atoms with Crippen LogP contribution >= 0.6 is 11.6 Å². The number of hydrogen-bond acceptors (Lipinski definition) is 2. The highest BCUT2D eigenvalue weighted by molar-refractivity contribution is 6.30. The molecule has 1 aromatic carbocycles. The molecule has 5 nitrogen and oxygen atoms in total. The van der Waals surface area contributed by atoms with E-state index >= 15 is 0 Å². The Morgan fingerprint density at radius 2 is 2.18 bits per heavy atom. The van der Waals surface area contributed by atoms with Crippen molar-refractivity contribution in [1.82, 2.24) is 19.5 Å². The number of nitrogens with one attached hydrogen (secondary N) is 2. The molecule has 0 unspecified atom stereocenters. The summed E-state index contributed by atoms with van der Waals surface area (Å²) in [5.41, 5.74) is 2.02. The third-order valence-electron chi connectivity index (χ3n) is 3.67. The van der Waals surface area contributed by atoms with Crippen LogP contribution in [0.4, 0.5) is 4.39 Å². The minimum atomic E-state index is -0.509. The number of benzene rings is 1. The van der Waals surface area contributed by atoms with Gasteiger partial charge in [-0.25, -0.2) is 14.2 Å². The molecule has 3 heterocycles. The van der Waals surface area contributed by atoms with Crippen LogP contribution in [0, 0.1) is 5.82 Å². The van der Waals surface area contributed by atoms with Crippen molar-refractivity contribution in [2.24, 2.45) is 0 Å². The first-order chi connectivity index (χ1) is 10.6. The lowest BCUT2D eigenvalue weighted by atomic mass is 10.2. The normalized spacial score (nSPS) is 11.5. The molecule has 0 saturated heterocycles. The van der Waals surface area contributed by atoms with Gasteiger partial charge in [0.15, 0.2) is 0 Å². The molecule has 22 heavy (non-hydrogen) atoms. The average molecular weight is 317 g/mol. The summed E-state index contributed by atoms with van der Waals surface area (Å²) in [5, 5.41) is 0.845. The first kappa shape index (κ1) is 13.1. The summed E-state index contributed by atoms with van der Waals surface area (Å²) in [6.45, 7) is 0.0928. The number of nitrogens with zero attached hydrogens (tertiary/aromatic N) is 2. The van der Waals surface area contributed by atoms with Gasteiger partial charge in [0.25, 0.3) is 0 Å². The molecule has 0 aliphatic carbocycles. The van der Waals surface area contributed by atoms with E-state index in [9.17, 15) is 9.18 Å². The summed E-state index contributed by atoms with van der Waals surface area (Å²) < 4.78 is 15.6. The number of imidazole rings is 1. The number of fused-ring (bicyclic) bond motifs is 3. The minimum absolute atomic E-state index is 0.0406. The second-order valence-corrected chi connectivity index (χ2v) is 5.40. The lowest BCUT2D eigenvalue weighted by Gasteiger charge is -2.06. The first-order valence-electron chi connectivity index (χ1n) is 6.62. The van der Waals surface area contributed by atoms with Gasteiger partial charge in [-0.2, -0.15) is 0 Å². The lowest BCUT2D eigenvalue weighted by Crippen LogP contribution is -2.18. The van der Waals surface area contributed by atoms with E-state index in [1.807, 2.05) is 6.07 Å². The van der Waals surface area contributed by atoms with Crippen LogP contribution in [-0.2, 0) is 6.54 Å². The van der Waals surface area contributed by atoms with Crippen LogP contribution < -0.4 is 5.69 Å². The summed E-state index contributed by atoms with van der Waals surface area (Å²) >= 11 is 5.80. The van der Waals surface area contributed by atoms with E-state index in [0.717, 1.165) is 5.39 Å². The highest BCUT2D eigenvalue weighted by Crippen LogP contribution is 2.23. The quantitative estimate of drug-likeness (QED) is 0.597. The maximum Gasteiger partial charge on any atom is 0.326 e. The highest BCUT2D eigenvalue weighted by atomic mass is 35.5. The fourth-order valence-electron chi connectivity index (χ4n) is 2.65. The average Bonchev–Trinajstić information content (AvgIpc) is 3.08. The molecule has 4 aromatic rings. The van der Waals surface area contributed by atoms with Gasteiger partial charge in [-0.1, -0.05) is 23.7 Å². The SMILES string of the molecule is O=c1[nH]c2cnc3[nH]ccc3c2n1Cc1cccc(Cl)c1F. The molecule has 0 atom stereocenters. The van der Waals surface area contributed by atoms with Crippen LogP contribution in [0.3, 0.4) is 0 Å². The van der Waals surface area contributed by atoms with E-state index in [1.54, 1.807) is 24.5 Å². The molecule has 7 heteroatoms. The molecule has 0 saturated carbocycles. The Labute approximate surface area is 128 Å². The summed E-state index contributed by atoms with van der Waals surface area (Å²) in [6.07, 6.45) is 3.33. The Kier molecular flexibility index (Phi) is 2.80. The van der Waals surface area contributed by atoms with E-state index in [-0.39, 0.29) is 17.3 Å². The Morgan fingerprint density at radius 1 is 1.32 bits per heavy atom. The van der Waals surface area contributed by atoms with Crippen LogP contribution in [0.25, 0.3) is 22.1 Å². The summed E-state index contributed by atoms with van der Waals surface area (Å²) in [6, 6.07) is 6.59. The van der Waals surface area contributed by atoms with Crippen molar-refractivity contribution in [2.75, 3.05) is 0 Å².